The van der Waals surface area contributed by atoms with E-state index in [2.05, 4.69) is 15.5 Å². The van der Waals surface area contributed by atoms with Crippen molar-refractivity contribution in [3.05, 3.63) is 34.3 Å². The predicted molar refractivity (Wildman–Crippen MR) is 126 cm³/mol. The van der Waals surface area contributed by atoms with E-state index in [9.17, 15) is 9.59 Å². The van der Waals surface area contributed by atoms with E-state index in [0.717, 1.165) is 0 Å². The topological polar surface area (TPSA) is 108 Å². The first-order chi connectivity index (χ1) is 15.7. The number of hydrogen-bond donors (Lipinski definition) is 1. The van der Waals surface area contributed by atoms with Gasteiger partial charge in [0.2, 0.25) is 6.04 Å². The summed E-state index contributed by atoms with van der Waals surface area (Å²) in [6, 6.07) is 4.69. The number of carbonyl (C=O) groups excluding carboxylic acids is 2. The number of rotatable bonds is 11. The molecule has 178 valence electrons. The standard InChI is InChI=1S/C22H25Cl2N3O6/c1-6-32-14-10-15(24)20(17(11-14)33-7-2)27-26-19(12(3)28)22(29)25-16-8-13(23)9-18(30-4)21(16)31-5/h8-11,19H,6-7H2,1-5H3,(H,25,29). The Kier molecular flexibility index (Phi) is 9.74. The number of halogens is 2. The van der Waals surface area contributed by atoms with E-state index >= 15 is 0 Å². The van der Waals surface area contributed by atoms with Crippen molar-refractivity contribution in [2.24, 2.45) is 10.2 Å². The molecule has 0 heterocycles. The molecule has 1 N–H and O–H groups in total. The molecule has 0 aliphatic carbocycles. The van der Waals surface area contributed by atoms with E-state index in [0.29, 0.717) is 35.5 Å². The van der Waals surface area contributed by atoms with E-state index in [1.54, 1.807) is 19.1 Å². The van der Waals surface area contributed by atoms with Crippen molar-refractivity contribution in [1.82, 2.24) is 0 Å². The van der Waals surface area contributed by atoms with Crippen molar-refractivity contribution in [3.8, 4) is 23.0 Å². The molecule has 0 aliphatic rings. The van der Waals surface area contributed by atoms with Crippen LogP contribution in [0.4, 0.5) is 11.4 Å². The Morgan fingerprint density at radius 1 is 1.00 bits per heavy atom. The van der Waals surface area contributed by atoms with Crippen LogP contribution < -0.4 is 24.3 Å². The first kappa shape index (κ1) is 26.2. The molecule has 1 atom stereocenters. The number of nitrogens with zero attached hydrogens (tertiary/aromatic N) is 2. The number of ether oxygens (including phenoxy) is 4. The van der Waals surface area contributed by atoms with Crippen molar-refractivity contribution < 1.29 is 28.5 Å². The van der Waals surface area contributed by atoms with Gasteiger partial charge in [0.15, 0.2) is 23.0 Å². The summed E-state index contributed by atoms with van der Waals surface area (Å²) in [6.45, 7) is 5.62. The third-order valence-electron chi connectivity index (χ3n) is 4.22. The normalized spacial score (nSPS) is 11.7. The molecule has 0 spiro atoms. The Hall–Kier alpha value is -3.04. The van der Waals surface area contributed by atoms with Crippen LogP contribution in [-0.2, 0) is 9.59 Å². The Balaban J connectivity index is 2.38. The Labute approximate surface area is 202 Å². The number of benzene rings is 2. The molecule has 2 aromatic carbocycles. The highest BCUT2D eigenvalue weighted by atomic mass is 35.5. The molecule has 0 saturated carbocycles. The average Bonchev–Trinajstić information content (AvgIpc) is 2.75. The van der Waals surface area contributed by atoms with Gasteiger partial charge in [-0.25, -0.2) is 0 Å². The molecule has 2 aromatic rings. The van der Waals surface area contributed by atoms with Gasteiger partial charge in [-0.2, -0.15) is 5.11 Å². The molecule has 0 fully saturated rings. The Bertz CT molecular complexity index is 1050. The highest BCUT2D eigenvalue weighted by molar-refractivity contribution is 6.33. The maximum Gasteiger partial charge on any atom is 0.258 e. The van der Waals surface area contributed by atoms with Gasteiger partial charge in [0.25, 0.3) is 5.91 Å². The summed E-state index contributed by atoms with van der Waals surface area (Å²) in [7, 11) is 2.84. The van der Waals surface area contributed by atoms with Crippen LogP contribution in [-0.4, -0.2) is 45.2 Å². The van der Waals surface area contributed by atoms with Crippen LogP contribution in [0.3, 0.4) is 0 Å². The van der Waals surface area contributed by atoms with Crippen molar-refractivity contribution in [3.63, 3.8) is 0 Å². The molecule has 0 saturated heterocycles. The molecular weight excluding hydrogens is 473 g/mol. The number of carbonyl (C=O) groups is 2. The van der Waals surface area contributed by atoms with Crippen LogP contribution in [0.25, 0.3) is 0 Å². The highest BCUT2D eigenvalue weighted by Gasteiger charge is 2.26. The predicted octanol–water partition coefficient (Wildman–Crippen LogP) is 5.49. The van der Waals surface area contributed by atoms with Gasteiger partial charge < -0.3 is 24.3 Å². The van der Waals surface area contributed by atoms with Crippen LogP contribution in [0.2, 0.25) is 10.0 Å². The fraction of sp³-hybridized carbons (Fsp3) is 0.364. The van der Waals surface area contributed by atoms with Gasteiger partial charge in [0.05, 0.1) is 38.1 Å². The minimum Gasteiger partial charge on any atom is -0.494 e. The van der Waals surface area contributed by atoms with Crippen molar-refractivity contribution in [2.75, 3.05) is 32.8 Å². The first-order valence-electron chi connectivity index (χ1n) is 9.98. The van der Waals surface area contributed by atoms with E-state index in [1.165, 1.54) is 33.3 Å². The molecule has 1 unspecified atom stereocenters. The lowest BCUT2D eigenvalue weighted by Gasteiger charge is -2.16. The fourth-order valence-electron chi connectivity index (χ4n) is 2.82. The summed E-state index contributed by atoms with van der Waals surface area (Å²) in [4.78, 5) is 25.1. The minimum absolute atomic E-state index is 0.169. The van der Waals surface area contributed by atoms with Crippen LogP contribution in [0.5, 0.6) is 23.0 Å². The lowest BCUT2D eigenvalue weighted by molar-refractivity contribution is -0.126. The van der Waals surface area contributed by atoms with Crippen molar-refractivity contribution >= 4 is 46.3 Å². The minimum atomic E-state index is -1.46. The Morgan fingerprint density at radius 3 is 2.27 bits per heavy atom. The first-order valence-corrected chi connectivity index (χ1v) is 10.7. The summed E-state index contributed by atoms with van der Waals surface area (Å²) >= 11 is 12.4. The fourth-order valence-corrected chi connectivity index (χ4v) is 3.27. The van der Waals surface area contributed by atoms with Crippen LogP contribution >= 0.6 is 23.2 Å². The van der Waals surface area contributed by atoms with E-state index in [1.807, 2.05) is 6.92 Å². The number of amides is 1. The smallest absolute Gasteiger partial charge is 0.258 e. The highest BCUT2D eigenvalue weighted by Crippen LogP contribution is 2.40. The largest absolute Gasteiger partial charge is 0.494 e. The number of ketones is 1. The molecule has 11 heteroatoms. The molecule has 0 aliphatic heterocycles. The van der Waals surface area contributed by atoms with Crippen molar-refractivity contribution in [2.45, 2.75) is 26.8 Å². The monoisotopic (exact) mass is 497 g/mol. The van der Waals surface area contributed by atoms with Gasteiger partial charge in [-0.3, -0.25) is 9.59 Å². The second-order valence-electron chi connectivity index (χ2n) is 6.52. The van der Waals surface area contributed by atoms with Gasteiger partial charge in [0.1, 0.15) is 11.4 Å². The van der Waals surface area contributed by atoms with Crippen LogP contribution in [0.15, 0.2) is 34.5 Å². The van der Waals surface area contributed by atoms with E-state index in [4.69, 9.17) is 42.1 Å². The van der Waals surface area contributed by atoms with Gasteiger partial charge >= 0.3 is 0 Å². The number of anilines is 1. The molecule has 0 aromatic heterocycles. The number of azo groups is 1. The van der Waals surface area contributed by atoms with Gasteiger partial charge in [-0.1, -0.05) is 23.2 Å². The summed E-state index contributed by atoms with van der Waals surface area (Å²) in [5, 5.41) is 11.1. The zero-order valence-corrected chi connectivity index (χ0v) is 20.4. The van der Waals surface area contributed by atoms with Crippen LogP contribution in [0.1, 0.15) is 20.8 Å². The Morgan fingerprint density at radius 2 is 1.70 bits per heavy atom. The summed E-state index contributed by atoms with van der Waals surface area (Å²) in [5.74, 6) is 0.0681. The van der Waals surface area contributed by atoms with Crippen molar-refractivity contribution in [1.29, 1.82) is 0 Å². The number of Topliss-reactive ketones (excluding diaryl/α,β-unsaturated/α-hetero) is 1. The molecular formula is C22H25Cl2N3O6. The van der Waals surface area contributed by atoms with Gasteiger partial charge in [-0.15, -0.1) is 5.11 Å². The quantitative estimate of drug-likeness (QED) is 0.324. The number of hydrogen-bond acceptors (Lipinski definition) is 8. The lowest BCUT2D eigenvalue weighted by atomic mass is 10.2. The SMILES string of the molecule is CCOc1cc(Cl)c(N=NC(C(C)=O)C(=O)Nc2cc(Cl)cc(OC)c2OC)c(OCC)c1. The van der Waals surface area contributed by atoms with E-state index in [-0.39, 0.29) is 22.1 Å². The summed E-state index contributed by atoms with van der Waals surface area (Å²) in [6.07, 6.45) is 0. The lowest BCUT2D eigenvalue weighted by Crippen LogP contribution is -2.32. The maximum atomic E-state index is 12.9. The zero-order valence-electron chi connectivity index (χ0n) is 18.9. The second kappa shape index (κ2) is 12.3. The summed E-state index contributed by atoms with van der Waals surface area (Å²) in [5.41, 5.74) is 0.380. The number of methoxy groups -OCH3 is 2. The molecule has 2 rings (SSSR count). The number of nitrogens with one attached hydrogen (secondary N) is 1. The second-order valence-corrected chi connectivity index (χ2v) is 7.37. The average molecular weight is 498 g/mol. The van der Waals surface area contributed by atoms with E-state index < -0.39 is 17.7 Å². The maximum absolute atomic E-state index is 12.9. The molecule has 33 heavy (non-hydrogen) atoms. The molecule has 0 bridgehead atoms. The summed E-state index contributed by atoms with van der Waals surface area (Å²) < 4.78 is 21.6. The molecule has 1 amide bonds. The third-order valence-corrected chi connectivity index (χ3v) is 4.73. The molecule has 9 nitrogen and oxygen atoms in total. The van der Waals surface area contributed by atoms with Gasteiger partial charge in [-0.05, 0) is 26.8 Å². The third kappa shape index (κ3) is 6.72. The molecule has 0 radical (unpaired) electrons. The zero-order chi connectivity index (χ0) is 24.5. The van der Waals surface area contributed by atoms with Crippen LogP contribution in [0, 0.1) is 0 Å². The van der Waals surface area contributed by atoms with Gasteiger partial charge in [0, 0.05) is 23.2 Å².